The molecule has 152 valence electrons. The van der Waals surface area contributed by atoms with Crippen LogP contribution in [0.2, 0.25) is 0 Å². The number of rotatable bonds is 4. The molecule has 0 spiro atoms. The lowest BCUT2D eigenvalue weighted by Gasteiger charge is -2.42. The van der Waals surface area contributed by atoms with E-state index in [-0.39, 0.29) is 23.3 Å². The van der Waals surface area contributed by atoms with Gasteiger partial charge in [0, 0.05) is 63.8 Å². The van der Waals surface area contributed by atoms with Gasteiger partial charge in [0.2, 0.25) is 5.91 Å². The van der Waals surface area contributed by atoms with Crippen molar-refractivity contribution in [3.8, 4) is 0 Å². The van der Waals surface area contributed by atoms with Crippen LogP contribution in [-0.4, -0.2) is 70.8 Å². The van der Waals surface area contributed by atoms with Crippen molar-refractivity contribution in [1.29, 1.82) is 0 Å². The van der Waals surface area contributed by atoms with Crippen LogP contribution < -0.4 is 0 Å². The van der Waals surface area contributed by atoms with Crippen LogP contribution in [0.3, 0.4) is 0 Å². The molecular formula is C21H22F2N4O2. The van der Waals surface area contributed by atoms with E-state index in [1.54, 1.807) is 12.4 Å². The van der Waals surface area contributed by atoms with E-state index in [9.17, 15) is 18.4 Å². The first-order valence-corrected chi connectivity index (χ1v) is 9.65. The Morgan fingerprint density at radius 2 is 1.62 bits per heavy atom. The highest BCUT2D eigenvalue weighted by Gasteiger charge is 2.39. The number of hydrogen-bond acceptors (Lipinski definition) is 4. The third-order valence-corrected chi connectivity index (χ3v) is 5.52. The number of carbonyl (C=O) groups excluding carboxylic acids is 2. The lowest BCUT2D eigenvalue weighted by Crippen LogP contribution is -2.59. The molecule has 2 fully saturated rings. The largest absolute Gasteiger partial charge is 0.340 e. The summed E-state index contributed by atoms with van der Waals surface area (Å²) in [6, 6.07) is 7.08. The second-order valence-corrected chi connectivity index (χ2v) is 7.49. The minimum absolute atomic E-state index is 0.0582. The molecule has 1 aromatic heterocycles. The first-order chi connectivity index (χ1) is 14.0. The summed E-state index contributed by atoms with van der Waals surface area (Å²) in [7, 11) is 0. The molecule has 8 heteroatoms. The average molecular weight is 400 g/mol. The number of halogens is 2. The molecule has 2 amide bonds. The normalized spacial score (nSPS) is 17.9. The summed E-state index contributed by atoms with van der Waals surface area (Å²) in [6.45, 7) is 4.40. The molecule has 0 unspecified atom stereocenters. The van der Waals surface area contributed by atoms with Gasteiger partial charge in [-0.2, -0.15) is 0 Å². The van der Waals surface area contributed by atoms with Crippen molar-refractivity contribution < 1.29 is 18.4 Å². The molecule has 2 aromatic rings. The predicted octanol–water partition coefficient (Wildman–Crippen LogP) is 1.78. The Morgan fingerprint density at radius 1 is 0.931 bits per heavy atom. The van der Waals surface area contributed by atoms with E-state index in [1.165, 1.54) is 16.5 Å². The van der Waals surface area contributed by atoms with Crippen molar-refractivity contribution in [2.45, 2.75) is 6.54 Å². The maximum atomic E-state index is 13.3. The molecule has 2 aliphatic rings. The highest BCUT2D eigenvalue weighted by Crippen LogP contribution is 2.22. The quantitative estimate of drug-likeness (QED) is 0.785. The van der Waals surface area contributed by atoms with Crippen LogP contribution in [-0.2, 0) is 11.3 Å². The van der Waals surface area contributed by atoms with Gasteiger partial charge in [-0.1, -0.05) is 0 Å². The molecule has 0 aliphatic carbocycles. The Kier molecular flexibility index (Phi) is 5.53. The van der Waals surface area contributed by atoms with Crippen molar-refractivity contribution >= 4 is 11.8 Å². The molecule has 29 heavy (non-hydrogen) atoms. The van der Waals surface area contributed by atoms with Gasteiger partial charge >= 0.3 is 0 Å². The van der Waals surface area contributed by atoms with Gasteiger partial charge in [-0.15, -0.1) is 0 Å². The Labute approximate surface area is 167 Å². The number of aromatic nitrogens is 1. The average Bonchev–Trinajstić information content (AvgIpc) is 2.70. The van der Waals surface area contributed by atoms with E-state index in [2.05, 4.69) is 9.88 Å². The number of hydrogen-bond donors (Lipinski definition) is 0. The molecular weight excluding hydrogens is 378 g/mol. The molecule has 3 heterocycles. The summed E-state index contributed by atoms with van der Waals surface area (Å²) >= 11 is 0. The third kappa shape index (κ3) is 4.27. The maximum absolute atomic E-state index is 13.3. The predicted molar refractivity (Wildman–Crippen MR) is 102 cm³/mol. The number of likely N-dealkylation sites (tertiary alicyclic amines) is 1. The molecule has 0 radical (unpaired) electrons. The zero-order chi connectivity index (χ0) is 20.4. The molecule has 2 aliphatic heterocycles. The Bertz CT molecular complexity index is 895. The molecule has 0 bridgehead atoms. The summed E-state index contributed by atoms with van der Waals surface area (Å²) in [6.07, 6.45) is 3.55. The third-order valence-electron chi connectivity index (χ3n) is 5.52. The van der Waals surface area contributed by atoms with E-state index < -0.39 is 11.6 Å². The molecule has 0 saturated carbocycles. The first kappa shape index (κ1) is 19.4. The fraction of sp³-hybridized carbons (Fsp3) is 0.381. The Hall–Kier alpha value is -2.87. The summed E-state index contributed by atoms with van der Waals surface area (Å²) in [5.41, 5.74) is 1.30. The van der Waals surface area contributed by atoms with E-state index in [1.807, 2.05) is 17.0 Å². The zero-order valence-corrected chi connectivity index (χ0v) is 15.9. The van der Waals surface area contributed by atoms with Crippen LogP contribution in [0.1, 0.15) is 15.9 Å². The highest BCUT2D eigenvalue weighted by atomic mass is 19.2. The monoisotopic (exact) mass is 400 g/mol. The van der Waals surface area contributed by atoms with Gasteiger partial charge in [0.1, 0.15) is 0 Å². The summed E-state index contributed by atoms with van der Waals surface area (Å²) in [4.78, 5) is 34.7. The van der Waals surface area contributed by atoms with E-state index in [0.29, 0.717) is 26.2 Å². The summed E-state index contributed by atoms with van der Waals surface area (Å²) in [5, 5.41) is 0. The Balaban J connectivity index is 1.24. The van der Waals surface area contributed by atoms with Gasteiger partial charge in [0.25, 0.3) is 5.91 Å². The van der Waals surface area contributed by atoms with Crippen molar-refractivity contribution in [2.75, 3.05) is 39.3 Å². The zero-order valence-electron chi connectivity index (χ0n) is 15.9. The van der Waals surface area contributed by atoms with Crippen LogP contribution in [0.25, 0.3) is 0 Å². The van der Waals surface area contributed by atoms with E-state index in [4.69, 9.17) is 0 Å². The standard InChI is InChI=1S/C21H22F2N4O2/c22-18-2-1-16(11-19(18)23)20(28)27-13-17(14-27)21(29)26-9-7-25(8-10-26)12-15-3-5-24-6-4-15/h1-6,11,17H,7-10,12-14H2. The maximum Gasteiger partial charge on any atom is 0.254 e. The highest BCUT2D eigenvalue weighted by molar-refractivity contribution is 5.96. The van der Waals surface area contributed by atoms with Crippen LogP contribution in [0.4, 0.5) is 8.78 Å². The number of nitrogens with zero attached hydrogens (tertiary/aromatic N) is 4. The fourth-order valence-corrected chi connectivity index (χ4v) is 3.74. The van der Waals surface area contributed by atoms with Crippen LogP contribution >= 0.6 is 0 Å². The molecule has 6 nitrogen and oxygen atoms in total. The number of piperazine rings is 1. The van der Waals surface area contributed by atoms with Gasteiger partial charge in [-0.25, -0.2) is 8.78 Å². The van der Waals surface area contributed by atoms with E-state index in [0.717, 1.165) is 31.8 Å². The van der Waals surface area contributed by atoms with Gasteiger partial charge in [-0.05, 0) is 35.9 Å². The fourth-order valence-electron chi connectivity index (χ4n) is 3.74. The number of amides is 2. The minimum atomic E-state index is -1.05. The topological polar surface area (TPSA) is 56.8 Å². The minimum Gasteiger partial charge on any atom is -0.340 e. The second kappa shape index (κ2) is 8.24. The van der Waals surface area contributed by atoms with Crippen LogP contribution in [0, 0.1) is 17.6 Å². The Morgan fingerprint density at radius 3 is 2.28 bits per heavy atom. The SMILES string of the molecule is O=C(c1ccc(F)c(F)c1)N1CC(C(=O)N2CCN(Cc3ccncc3)CC2)C1. The van der Waals surface area contributed by atoms with Crippen LogP contribution in [0.15, 0.2) is 42.7 Å². The smallest absolute Gasteiger partial charge is 0.254 e. The molecule has 1 aromatic carbocycles. The number of benzene rings is 1. The number of pyridine rings is 1. The van der Waals surface area contributed by atoms with Gasteiger partial charge in [0.15, 0.2) is 11.6 Å². The van der Waals surface area contributed by atoms with Crippen molar-refractivity contribution in [2.24, 2.45) is 5.92 Å². The van der Waals surface area contributed by atoms with Gasteiger partial charge < -0.3 is 9.80 Å². The molecule has 4 rings (SSSR count). The van der Waals surface area contributed by atoms with Crippen molar-refractivity contribution in [1.82, 2.24) is 19.7 Å². The molecule has 0 atom stereocenters. The summed E-state index contributed by atoms with van der Waals surface area (Å²) in [5.74, 6) is -2.58. The van der Waals surface area contributed by atoms with Gasteiger partial charge in [0.05, 0.1) is 5.92 Å². The van der Waals surface area contributed by atoms with Gasteiger partial charge in [-0.3, -0.25) is 19.5 Å². The second-order valence-electron chi connectivity index (χ2n) is 7.49. The lowest BCUT2D eigenvalue weighted by molar-refractivity contribution is -0.141. The van der Waals surface area contributed by atoms with E-state index >= 15 is 0 Å². The van der Waals surface area contributed by atoms with Crippen molar-refractivity contribution in [3.05, 3.63) is 65.5 Å². The first-order valence-electron chi connectivity index (χ1n) is 9.65. The number of carbonyl (C=O) groups is 2. The molecule has 0 N–H and O–H groups in total. The van der Waals surface area contributed by atoms with Crippen molar-refractivity contribution in [3.63, 3.8) is 0 Å². The lowest BCUT2D eigenvalue weighted by atomic mass is 9.96. The molecule has 2 saturated heterocycles. The summed E-state index contributed by atoms with van der Waals surface area (Å²) < 4.78 is 26.4. The van der Waals surface area contributed by atoms with Crippen LogP contribution in [0.5, 0.6) is 0 Å².